The van der Waals surface area contributed by atoms with Gasteiger partial charge in [-0.3, -0.25) is 9.59 Å². The van der Waals surface area contributed by atoms with Crippen LogP contribution >= 0.6 is 0 Å². The fourth-order valence-electron chi connectivity index (χ4n) is 2.59. The van der Waals surface area contributed by atoms with Crippen LogP contribution < -0.4 is 5.32 Å². The molecule has 1 aliphatic heterocycles. The number of benzene rings is 1. The van der Waals surface area contributed by atoms with Crippen molar-refractivity contribution in [3.05, 3.63) is 35.4 Å². The first-order chi connectivity index (χ1) is 10.2. The second-order valence-corrected chi connectivity index (χ2v) is 5.31. The van der Waals surface area contributed by atoms with Crippen molar-refractivity contribution in [2.24, 2.45) is 0 Å². The summed E-state index contributed by atoms with van der Waals surface area (Å²) < 4.78 is 0. The molecule has 0 spiro atoms. The monoisotopic (exact) mass is 290 g/mol. The first-order valence-corrected chi connectivity index (χ1v) is 7.47. The second-order valence-electron chi connectivity index (χ2n) is 5.31. The van der Waals surface area contributed by atoms with Crippen LogP contribution in [0.4, 0.5) is 0 Å². The molecule has 2 rings (SSSR count). The van der Waals surface area contributed by atoms with E-state index in [0.29, 0.717) is 24.2 Å². The smallest absolute Gasteiger partial charge is 0.254 e. The summed E-state index contributed by atoms with van der Waals surface area (Å²) in [6.07, 6.45) is 2.61. The molecule has 1 atom stereocenters. The van der Waals surface area contributed by atoms with Crippen LogP contribution in [0.15, 0.2) is 24.3 Å². The molecule has 0 aromatic heterocycles. The third-order valence-electron chi connectivity index (χ3n) is 3.76. The standard InChI is InChI=1S/C16H22N2O3/c1-2-8-17-15(20)12-5-3-6-13(10-12)16(21)18-9-4-7-14(18)11-19/h3,5-6,10,14,19H,2,4,7-9,11H2,1H3,(H,17,20)/t14-/m1/s1. The third-order valence-corrected chi connectivity index (χ3v) is 3.76. The van der Waals surface area contributed by atoms with Crippen LogP contribution in [0.1, 0.15) is 46.9 Å². The minimum absolute atomic E-state index is 0.0115. The molecule has 21 heavy (non-hydrogen) atoms. The maximum Gasteiger partial charge on any atom is 0.254 e. The van der Waals surface area contributed by atoms with Crippen LogP contribution in [0.3, 0.4) is 0 Å². The molecule has 0 bridgehead atoms. The molecule has 1 saturated heterocycles. The first-order valence-electron chi connectivity index (χ1n) is 7.47. The van der Waals surface area contributed by atoms with E-state index in [0.717, 1.165) is 19.3 Å². The molecule has 1 fully saturated rings. The van der Waals surface area contributed by atoms with E-state index in [2.05, 4.69) is 5.32 Å². The number of aliphatic hydroxyl groups is 1. The lowest BCUT2D eigenvalue weighted by Gasteiger charge is -2.23. The second kappa shape index (κ2) is 7.22. The summed E-state index contributed by atoms with van der Waals surface area (Å²) in [7, 11) is 0. The predicted molar refractivity (Wildman–Crippen MR) is 80.2 cm³/mol. The zero-order valence-electron chi connectivity index (χ0n) is 12.3. The summed E-state index contributed by atoms with van der Waals surface area (Å²) >= 11 is 0. The Labute approximate surface area is 125 Å². The van der Waals surface area contributed by atoms with Crippen LogP contribution in [0, 0.1) is 0 Å². The quantitative estimate of drug-likeness (QED) is 0.861. The highest BCUT2D eigenvalue weighted by Crippen LogP contribution is 2.20. The van der Waals surface area contributed by atoms with Gasteiger partial charge in [0.05, 0.1) is 12.6 Å². The summed E-state index contributed by atoms with van der Waals surface area (Å²) in [4.78, 5) is 26.1. The van der Waals surface area contributed by atoms with Crippen LogP contribution in [0.2, 0.25) is 0 Å². The fraction of sp³-hybridized carbons (Fsp3) is 0.500. The largest absolute Gasteiger partial charge is 0.394 e. The predicted octanol–water partition coefficient (Wildman–Crippen LogP) is 1.42. The summed E-state index contributed by atoms with van der Waals surface area (Å²) in [5.41, 5.74) is 0.994. The SMILES string of the molecule is CCCNC(=O)c1cccc(C(=O)N2CCC[C@@H]2CO)c1. The average Bonchev–Trinajstić information content (AvgIpc) is 3.00. The summed E-state index contributed by atoms with van der Waals surface area (Å²) in [5, 5.41) is 12.1. The average molecular weight is 290 g/mol. The van der Waals surface area contributed by atoms with E-state index in [1.165, 1.54) is 0 Å². The number of likely N-dealkylation sites (tertiary alicyclic amines) is 1. The summed E-state index contributed by atoms with van der Waals surface area (Å²) in [6.45, 7) is 3.26. The highest BCUT2D eigenvalue weighted by Gasteiger charge is 2.28. The maximum atomic E-state index is 12.5. The first kappa shape index (κ1) is 15.5. The number of nitrogens with zero attached hydrogens (tertiary/aromatic N) is 1. The lowest BCUT2D eigenvalue weighted by Crippen LogP contribution is -2.37. The Morgan fingerprint density at radius 2 is 2.14 bits per heavy atom. The third kappa shape index (κ3) is 3.61. The van der Waals surface area contributed by atoms with E-state index in [4.69, 9.17) is 0 Å². The molecular weight excluding hydrogens is 268 g/mol. The van der Waals surface area contributed by atoms with Gasteiger partial charge in [0.1, 0.15) is 0 Å². The Kier molecular flexibility index (Phi) is 5.33. The zero-order chi connectivity index (χ0) is 15.2. The highest BCUT2D eigenvalue weighted by molar-refractivity contribution is 5.99. The molecule has 1 aromatic carbocycles. The Balaban J connectivity index is 2.13. The molecular formula is C16H22N2O3. The van der Waals surface area contributed by atoms with Crippen LogP contribution in [-0.2, 0) is 0 Å². The summed E-state index contributed by atoms with van der Waals surface area (Å²) in [6, 6.07) is 6.66. The van der Waals surface area contributed by atoms with E-state index in [1.54, 1.807) is 29.2 Å². The number of nitrogens with one attached hydrogen (secondary N) is 1. The Morgan fingerprint density at radius 1 is 1.38 bits per heavy atom. The van der Waals surface area contributed by atoms with Gasteiger partial charge >= 0.3 is 0 Å². The van der Waals surface area contributed by atoms with Gasteiger partial charge in [-0.1, -0.05) is 13.0 Å². The van der Waals surface area contributed by atoms with Crippen molar-refractivity contribution < 1.29 is 14.7 Å². The molecule has 5 heteroatoms. The van der Waals surface area contributed by atoms with Crippen molar-refractivity contribution in [2.75, 3.05) is 19.7 Å². The number of aliphatic hydroxyl groups excluding tert-OH is 1. The van der Waals surface area contributed by atoms with Gasteiger partial charge in [-0.25, -0.2) is 0 Å². The van der Waals surface area contributed by atoms with Gasteiger partial charge in [0, 0.05) is 24.2 Å². The Bertz CT molecular complexity index is 516. The van der Waals surface area contributed by atoms with Gasteiger partial charge in [-0.05, 0) is 37.5 Å². The van der Waals surface area contributed by atoms with Crippen molar-refractivity contribution in [1.82, 2.24) is 10.2 Å². The number of carbonyl (C=O) groups excluding carboxylic acids is 2. The maximum absolute atomic E-state index is 12.5. The van der Waals surface area contributed by atoms with Crippen molar-refractivity contribution in [2.45, 2.75) is 32.2 Å². The van der Waals surface area contributed by atoms with Gasteiger partial charge in [0.15, 0.2) is 0 Å². The topological polar surface area (TPSA) is 69.6 Å². The molecule has 1 heterocycles. The molecule has 114 valence electrons. The minimum Gasteiger partial charge on any atom is -0.394 e. The molecule has 0 aliphatic carbocycles. The van der Waals surface area contributed by atoms with E-state index < -0.39 is 0 Å². The fourth-order valence-corrected chi connectivity index (χ4v) is 2.59. The van der Waals surface area contributed by atoms with Gasteiger partial charge in [0.25, 0.3) is 11.8 Å². The molecule has 0 radical (unpaired) electrons. The molecule has 2 N–H and O–H groups in total. The van der Waals surface area contributed by atoms with Gasteiger partial charge in [-0.2, -0.15) is 0 Å². The molecule has 0 unspecified atom stereocenters. The van der Waals surface area contributed by atoms with Crippen LogP contribution in [0.25, 0.3) is 0 Å². The van der Waals surface area contributed by atoms with E-state index in [1.807, 2.05) is 6.92 Å². The Hall–Kier alpha value is -1.88. The number of hydrogen-bond donors (Lipinski definition) is 2. The number of amides is 2. The lowest BCUT2D eigenvalue weighted by molar-refractivity contribution is 0.0677. The zero-order valence-corrected chi connectivity index (χ0v) is 12.3. The molecule has 0 saturated carbocycles. The van der Waals surface area contributed by atoms with E-state index in [-0.39, 0.29) is 24.5 Å². The number of carbonyl (C=O) groups is 2. The van der Waals surface area contributed by atoms with Crippen LogP contribution in [0.5, 0.6) is 0 Å². The van der Waals surface area contributed by atoms with Crippen LogP contribution in [-0.4, -0.2) is 47.6 Å². The van der Waals surface area contributed by atoms with Gasteiger partial charge in [0.2, 0.25) is 0 Å². The molecule has 1 aromatic rings. The van der Waals surface area contributed by atoms with Gasteiger partial charge < -0.3 is 15.3 Å². The molecule has 2 amide bonds. The van der Waals surface area contributed by atoms with Crippen molar-refractivity contribution in [3.8, 4) is 0 Å². The van der Waals surface area contributed by atoms with E-state index >= 15 is 0 Å². The van der Waals surface area contributed by atoms with Crippen molar-refractivity contribution in [1.29, 1.82) is 0 Å². The van der Waals surface area contributed by atoms with Crippen molar-refractivity contribution in [3.63, 3.8) is 0 Å². The number of hydrogen-bond acceptors (Lipinski definition) is 3. The summed E-state index contributed by atoms with van der Waals surface area (Å²) in [5.74, 6) is -0.275. The van der Waals surface area contributed by atoms with Crippen molar-refractivity contribution >= 4 is 11.8 Å². The number of rotatable bonds is 5. The lowest BCUT2D eigenvalue weighted by atomic mass is 10.1. The Morgan fingerprint density at radius 3 is 2.86 bits per heavy atom. The van der Waals surface area contributed by atoms with Gasteiger partial charge in [-0.15, -0.1) is 0 Å². The highest BCUT2D eigenvalue weighted by atomic mass is 16.3. The minimum atomic E-state index is -0.161. The normalized spacial score (nSPS) is 17.8. The van der Waals surface area contributed by atoms with E-state index in [9.17, 15) is 14.7 Å². The molecule has 1 aliphatic rings. The molecule has 5 nitrogen and oxygen atoms in total.